The Bertz CT molecular complexity index is 354. The van der Waals surface area contributed by atoms with E-state index in [4.69, 9.17) is 5.11 Å². The summed E-state index contributed by atoms with van der Waals surface area (Å²) in [6.07, 6.45) is -0.158. The molecule has 0 aliphatic rings. The van der Waals surface area contributed by atoms with E-state index < -0.39 is 11.8 Å². The number of aliphatic carboxylic acids is 1. The molecule has 0 amide bonds. The molecule has 1 N–H and O–H groups in total. The minimum atomic E-state index is -0.963. The maximum atomic E-state index is 13.1. The molecule has 1 aromatic carbocycles. The molecule has 0 aliphatic carbocycles. The van der Waals surface area contributed by atoms with Crippen LogP contribution in [0, 0.1) is 9.39 Å². The van der Waals surface area contributed by atoms with E-state index in [2.05, 4.69) is 15.9 Å². The lowest BCUT2D eigenvalue weighted by Crippen LogP contribution is -2.03. The fraction of sp³-hybridized carbons (Fsp3) is 0.125. The van der Waals surface area contributed by atoms with Gasteiger partial charge in [0.25, 0.3) is 0 Å². The van der Waals surface area contributed by atoms with E-state index in [1.54, 1.807) is 28.7 Å². The summed E-state index contributed by atoms with van der Waals surface area (Å²) in [5, 5.41) is 8.53. The van der Waals surface area contributed by atoms with Crippen molar-refractivity contribution in [2.24, 2.45) is 0 Å². The maximum Gasteiger partial charge on any atom is 0.307 e. The Hall–Kier alpha value is -0.170. The predicted molar refractivity (Wildman–Crippen MR) is 58.2 cm³/mol. The zero-order valence-corrected chi connectivity index (χ0v) is 10.1. The highest BCUT2D eigenvalue weighted by Gasteiger charge is 2.10. The first-order valence-corrected chi connectivity index (χ1v) is 5.23. The second-order valence-electron chi connectivity index (χ2n) is 2.43. The second kappa shape index (κ2) is 4.36. The van der Waals surface area contributed by atoms with Crippen molar-refractivity contribution in [2.75, 3.05) is 0 Å². The number of hydrogen-bond acceptors (Lipinski definition) is 1. The Labute approximate surface area is 96.4 Å². The first-order chi connectivity index (χ1) is 6.00. The van der Waals surface area contributed by atoms with Crippen molar-refractivity contribution in [1.82, 2.24) is 0 Å². The van der Waals surface area contributed by atoms with Crippen molar-refractivity contribution >= 4 is 44.5 Å². The van der Waals surface area contributed by atoms with E-state index in [0.717, 1.165) is 0 Å². The smallest absolute Gasteiger partial charge is 0.307 e. The molecule has 0 bridgehead atoms. The van der Waals surface area contributed by atoms with Crippen LogP contribution >= 0.6 is 38.5 Å². The van der Waals surface area contributed by atoms with Crippen LogP contribution in [-0.4, -0.2) is 11.1 Å². The van der Waals surface area contributed by atoms with Crippen molar-refractivity contribution in [1.29, 1.82) is 0 Å². The molecule has 0 aromatic heterocycles. The summed E-state index contributed by atoms with van der Waals surface area (Å²) in [5.74, 6) is -1.36. The number of rotatable bonds is 2. The van der Waals surface area contributed by atoms with Crippen molar-refractivity contribution in [3.63, 3.8) is 0 Å². The molecule has 0 saturated heterocycles. The van der Waals surface area contributed by atoms with E-state index in [0.29, 0.717) is 13.6 Å². The molecule has 0 atom stereocenters. The highest BCUT2D eigenvalue weighted by Crippen LogP contribution is 2.22. The van der Waals surface area contributed by atoms with E-state index in [1.807, 2.05) is 0 Å². The van der Waals surface area contributed by atoms with Gasteiger partial charge in [-0.05, 0) is 40.3 Å². The van der Waals surface area contributed by atoms with Gasteiger partial charge in [0.05, 0.1) is 9.99 Å². The summed E-state index contributed by atoms with van der Waals surface area (Å²) in [6.45, 7) is 0. The quantitative estimate of drug-likeness (QED) is 0.652. The SMILES string of the molecule is O=C(O)Cc1cc(Br)cc(F)c1I. The van der Waals surface area contributed by atoms with Crippen LogP contribution < -0.4 is 0 Å². The molecular weight excluding hydrogens is 354 g/mol. The van der Waals surface area contributed by atoms with Crippen molar-refractivity contribution < 1.29 is 14.3 Å². The summed E-state index contributed by atoms with van der Waals surface area (Å²) in [4.78, 5) is 10.4. The number of carbonyl (C=O) groups is 1. The lowest BCUT2D eigenvalue weighted by molar-refractivity contribution is -0.136. The largest absolute Gasteiger partial charge is 0.481 e. The van der Waals surface area contributed by atoms with Crippen LogP contribution in [0.4, 0.5) is 4.39 Å². The number of benzene rings is 1. The fourth-order valence-electron chi connectivity index (χ4n) is 0.901. The molecule has 1 rings (SSSR count). The molecule has 70 valence electrons. The van der Waals surface area contributed by atoms with Gasteiger partial charge in [-0.25, -0.2) is 4.39 Å². The van der Waals surface area contributed by atoms with Crippen LogP contribution in [0.2, 0.25) is 0 Å². The molecule has 0 fully saturated rings. The van der Waals surface area contributed by atoms with Gasteiger partial charge in [0.15, 0.2) is 0 Å². The van der Waals surface area contributed by atoms with Gasteiger partial charge in [0.2, 0.25) is 0 Å². The van der Waals surface area contributed by atoms with Crippen molar-refractivity contribution in [3.05, 3.63) is 31.6 Å². The number of carboxylic acid groups (broad SMARTS) is 1. The van der Waals surface area contributed by atoms with Crippen molar-refractivity contribution in [2.45, 2.75) is 6.42 Å². The average molecular weight is 359 g/mol. The zero-order valence-electron chi connectivity index (χ0n) is 6.35. The molecular formula is C8H5BrFIO2. The Balaban J connectivity index is 3.12. The third-order valence-corrected chi connectivity index (χ3v) is 3.08. The molecule has 0 heterocycles. The Morgan fingerprint density at radius 3 is 2.77 bits per heavy atom. The van der Waals surface area contributed by atoms with E-state index in [9.17, 15) is 9.18 Å². The normalized spacial score (nSPS) is 10.1. The van der Waals surface area contributed by atoms with Gasteiger partial charge in [-0.2, -0.15) is 0 Å². The second-order valence-corrected chi connectivity index (χ2v) is 4.43. The lowest BCUT2D eigenvalue weighted by atomic mass is 10.1. The van der Waals surface area contributed by atoms with Crippen molar-refractivity contribution in [3.8, 4) is 0 Å². The first-order valence-electron chi connectivity index (χ1n) is 3.36. The highest BCUT2D eigenvalue weighted by atomic mass is 127. The van der Waals surface area contributed by atoms with Crippen LogP contribution in [0.25, 0.3) is 0 Å². The molecule has 5 heteroatoms. The van der Waals surface area contributed by atoms with E-state index >= 15 is 0 Å². The van der Waals surface area contributed by atoms with Crippen LogP contribution in [0.5, 0.6) is 0 Å². The van der Waals surface area contributed by atoms with Gasteiger partial charge in [0, 0.05) is 4.47 Å². The number of carboxylic acids is 1. The standard InChI is InChI=1S/C8H5BrFIO2/c9-5-1-4(2-7(12)13)8(11)6(10)3-5/h1,3H,2H2,(H,12,13). The molecule has 0 saturated carbocycles. The Kier molecular flexibility index (Phi) is 3.66. The summed E-state index contributed by atoms with van der Waals surface area (Å²) in [7, 11) is 0. The zero-order chi connectivity index (χ0) is 10.0. The molecule has 13 heavy (non-hydrogen) atoms. The van der Waals surface area contributed by atoms with Gasteiger partial charge in [-0.3, -0.25) is 4.79 Å². The van der Waals surface area contributed by atoms with Crippen LogP contribution in [0.3, 0.4) is 0 Å². The van der Waals surface area contributed by atoms with Crippen LogP contribution in [0.1, 0.15) is 5.56 Å². The minimum absolute atomic E-state index is 0.158. The summed E-state index contributed by atoms with van der Waals surface area (Å²) in [5.41, 5.74) is 0.486. The Morgan fingerprint density at radius 2 is 2.23 bits per heavy atom. The van der Waals surface area contributed by atoms with Gasteiger partial charge >= 0.3 is 5.97 Å². The molecule has 0 radical (unpaired) electrons. The third-order valence-electron chi connectivity index (χ3n) is 1.41. The van der Waals surface area contributed by atoms with Gasteiger partial charge < -0.3 is 5.11 Å². The topological polar surface area (TPSA) is 37.3 Å². The average Bonchev–Trinajstić information content (AvgIpc) is 1.98. The third kappa shape index (κ3) is 2.91. The highest BCUT2D eigenvalue weighted by molar-refractivity contribution is 14.1. The minimum Gasteiger partial charge on any atom is -0.481 e. The van der Waals surface area contributed by atoms with Gasteiger partial charge in [-0.15, -0.1) is 0 Å². The Morgan fingerprint density at radius 1 is 1.62 bits per heavy atom. The number of halogens is 3. The fourth-order valence-corrected chi connectivity index (χ4v) is 1.88. The maximum absolute atomic E-state index is 13.1. The molecule has 1 aromatic rings. The first kappa shape index (κ1) is 10.9. The van der Waals surface area contributed by atoms with E-state index in [-0.39, 0.29) is 6.42 Å². The van der Waals surface area contributed by atoms with Gasteiger partial charge in [-0.1, -0.05) is 15.9 Å². The molecule has 0 spiro atoms. The lowest BCUT2D eigenvalue weighted by Gasteiger charge is -2.03. The van der Waals surface area contributed by atoms with Crippen LogP contribution in [-0.2, 0) is 11.2 Å². The molecule has 2 nitrogen and oxygen atoms in total. The molecule has 0 unspecified atom stereocenters. The summed E-state index contributed by atoms with van der Waals surface area (Å²) in [6, 6.07) is 2.92. The number of hydrogen-bond donors (Lipinski definition) is 1. The van der Waals surface area contributed by atoms with Gasteiger partial charge in [0.1, 0.15) is 5.82 Å². The van der Waals surface area contributed by atoms with E-state index in [1.165, 1.54) is 6.07 Å². The summed E-state index contributed by atoms with van der Waals surface area (Å²) < 4.78 is 14.0. The monoisotopic (exact) mass is 358 g/mol. The molecule has 0 aliphatic heterocycles. The summed E-state index contributed by atoms with van der Waals surface area (Å²) >= 11 is 4.90. The van der Waals surface area contributed by atoms with Crippen LogP contribution in [0.15, 0.2) is 16.6 Å². The predicted octanol–water partition coefficient (Wildman–Crippen LogP) is 2.82.